The minimum absolute atomic E-state index is 0.00144. The Bertz CT molecular complexity index is 422. The Balaban J connectivity index is 2.19. The summed E-state index contributed by atoms with van der Waals surface area (Å²) < 4.78 is 1.71. The summed E-state index contributed by atoms with van der Waals surface area (Å²) in [5.41, 5.74) is 1.53. The fraction of sp³-hybridized carbons (Fsp3) is 0.692. The lowest BCUT2D eigenvalue weighted by atomic mass is 10.1. The Morgan fingerprint density at radius 3 is 2.72 bits per heavy atom. The van der Waals surface area contributed by atoms with Crippen LogP contribution in [0.15, 0.2) is 6.20 Å². The monoisotopic (exact) mass is 251 g/mol. The van der Waals surface area contributed by atoms with Gasteiger partial charge in [-0.3, -0.25) is 9.48 Å². The van der Waals surface area contributed by atoms with E-state index in [1.54, 1.807) is 10.9 Å². The van der Waals surface area contributed by atoms with E-state index in [2.05, 4.69) is 5.10 Å². The fourth-order valence-corrected chi connectivity index (χ4v) is 2.64. The molecule has 1 N–H and O–H groups in total. The number of aliphatic hydroxyl groups excluding tert-OH is 1. The number of amides is 1. The van der Waals surface area contributed by atoms with Crippen LogP contribution in [0.4, 0.5) is 0 Å². The van der Waals surface area contributed by atoms with Gasteiger partial charge in [0, 0.05) is 25.3 Å². The lowest BCUT2D eigenvalue weighted by molar-refractivity contribution is 0.0637. The number of aryl methyl sites for hydroxylation is 1. The van der Waals surface area contributed by atoms with E-state index >= 15 is 0 Å². The third-order valence-corrected chi connectivity index (χ3v) is 3.83. The van der Waals surface area contributed by atoms with Gasteiger partial charge < -0.3 is 10.0 Å². The molecule has 1 amide bonds. The van der Waals surface area contributed by atoms with Gasteiger partial charge in [-0.05, 0) is 19.8 Å². The molecule has 1 aliphatic rings. The van der Waals surface area contributed by atoms with Crippen molar-refractivity contribution < 1.29 is 9.90 Å². The van der Waals surface area contributed by atoms with Crippen molar-refractivity contribution in [1.82, 2.24) is 14.7 Å². The summed E-state index contributed by atoms with van der Waals surface area (Å²) in [5, 5.41) is 13.3. The first-order chi connectivity index (χ1) is 8.65. The van der Waals surface area contributed by atoms with E-state index in [1.807, 2.05) is 18.9 Å². The number of hydrogen-bond donors (Lipinski definition) is 1. The zero-order chi connectivity index (χ0) is 13.1. The van der Waals surface area contributed by atoms with E-state index in [4.69, 9.17) is 5.11 Å². The van der Waals surface area contributed by atoms with E-state index in [0.29, 0.717) is 12.1 Å². The number of nitrogens with zero attached hydrogens (tertiary/aromatic N) is 3. The van der Waals surface area contributed by atoms with Gasteiger partial charge in [0.1, 0.15) is 0 Å². The van der Waals surface area contributed by atoms with Crippen LogP contribution in [0.5, 0.6) is 0 Å². The third kappa shape index (κ3) is 2.41. The number of rotatable bonds is 4. The van der Waals surface area contributed by atoms with Gasteiger partial charge in [-0.2, -0.15) is 5.10 Å². The molecule has 0 bridgehead atoms. The van der Waals surface area contributed by atoms with Crippen molar-refractivity contribution in [1.29, 1.82) is 0 Å². The van der Waals surface area contributed by atoms with Crippen LogP contribution in [0, 0.1) is 6.92 Å². The van der Waals surface area contributed by atoms with Crippen molar-refractivity contribution in [2.45, 2.75) is 38.6 Å². The van der Waals surface area contributed by atoms with Crippen LogP contribution >= 0.6 is 0 Å². The molecule has 100 valence electrons. The van der Waals surface area contributed by atoms with Crippen LogP contribution < -0.4 is 0 Å². The molecule has 5 heteroatoms. The number of carbonyl (C=O) groups is 1. The molecule has 2 rings (SSSR count). The second-order valence-electron chi connectivity index (χ2n) is 4.93. The van der Waals surface area contributed by atoms with Gasteiger partial charge in [0.25, 0.3) is 5.91 Å². The van der Waals surface area contributed by atoms with Crippen molar-refractivity contribution >= 4 is 5.91 Å². The van der Waals surface area contributed by atoms with Crippen molar-refractivity contribution in [2.24, 2.45) is 7.05 Å². The van der Waals surface area contributed by atoms with Gasteiger partial charge in [-0.15, -0.1) is 0 Å². The highest BCUT2D eigenvalue weighted by Gasteiger charge is 2.28. The molecule has 0 radical (unpaired) electrons. The maximum Gasteiger partial charge on any atom is 0.257 e. The SMILES string of the molecule is Cc1c(C(=O)N(CCO)C2CCCC2)cnn1C. The Hall–Kier alpha value is -1.36. The lowest BCUT2D eigenvalue weighted by Crippen LogP contribution is -2.40. The van der Waals surface area contributed by atoms with Crippen molar-refractivity contribution in [3.05, 3.63) is 17.5 Å². The van der Waals surface area contributed by atoms with Gasteiger partial charge in [0.05, 0.1) is 18.4 Å². The highest BCUT2D eigenvalue weighted by Crippen LogP contribution is 2.25. The summed E-state index contributed by atoms with van der Waals surface area (Å²) in [5.74, 6) is 0.00144. The molecule has 1 saturated carbocycles. The summed E-state index contributed by atoms with van der Waals surface area (Å²) >= 11 is 0. The Morgan fingerprint density at radius 1 is 1.56 bits per heavy atom. The van der Waals surface area contributed by atoms with E-state index in [9.17, 15) is 4.79 Å². The predicted molar refractivity (Wildman–Crippen MR) is 68.3 cm³/mol. The third-order valence-electron chi connectivity index (χ3n) is 3.83. The summed E-state index contributed by atoms with van der Waals surface area (Å²) in [6.07, 6.45) is 6.06. The smallest absolute Gasteiger partial charge is 0.257 e. The molecule has 1 aliphatic carbocycles. The topological polar surface area (TPSA) is 58.4 Å². The summed E-state index contributed by atoms with van der Waals surface area (Å²) in [6, 6.07) is 0.282. The number of aliphatic hydroxyl groups is 1. The molecule has 0 saturated heterocycles. The molecule has 0 unspecified atom stereocenters. The van der Waals surface area contributed by atoms with Crippen molar-refractivity contribution in [2.75, 3.05) is 13.2 Å². The zero-order valence-corrected chi connectivity index (χ0v) is 11.1. The lowest BCUT2D eigenvalue weighted by Gasteiger charge is -2.28. The predicted octanol–water partition coefficient (Wildman–Crippen LogP) is 1.11. The van der Waals surface area contributed by atoms with Gasteiger partial charge in [0.15, 0.2) is 0 Å². The molecule has 0 aromatic carbocycles. The summed E-state index contributed by atoms with van der Waals surface area (Å²) in [6.45, 7) is 2.32. The van der Waals surface area contributed by atoms with E-state index in [0.717, 1.165) is 18.5 Å². The quantitative estimate of drug-likeness (QED) is 0.872. The van der Waals surface area contributed by atoms with Crippen LogP contribution in [0.25, 0.3) is 0 Å². The van der Waals surface area contributed by atoms with E-state index in [1.165, 1.54) is 12.8 Å². The zero-order valence-electron chi connectivity index (χ0n) is 11.1. The molecular formula is C13H21N3O2. The molecule has 0 atom stereocenters. The molecule has 0 aliphatic heterocycles. The maximum absolute atomic E-state index is 12.5. The second-order valence-corrected chi connectivity index (χ2v) is 4.93. The van der Waals surface area contributed by atoms with Crippen LogP contribution in [0.1, 0.15) is 41.7 Å². The maximum atomic E-state index is 12.5. The highest BCUT2D eigenvalue weighted by molar-refractivity contribution is 5.95. The summed E-state index contributed by atoms with van der Waals surface area (Å²) in [7, 11) is 1.83. The molecular weight excluding hydrogens is 230 g/mol. The minimum atomic E-state index is 0.00144. The van der Waals surface area contributed by atoms with Crippen LogP contribution in [-0.2, 0) is 7.05 Å². The largest absolute Gasteiger partial charge is 0.395 e. The van der Waals surface area contributed by atoms with Gasteiger partial charge in [-0.1, -0.05) is 12.8 Å². The van der Waals surface area contributed by atoms with Gasteiger partial charge >= 0.3 is 0 Å². The molecule has 1 aromatic rings. The molecule has 0 spiro atoms. The first kappa shape index (κ1) is 13.1. The standard InChI is InChI=1S/C13H21N3O2/c1-10-12(9-14-15(10)2)13(18)16(7-8-17)11-5-3-4-6-11/h9,11,17H,3-8H2,1-2H3. The molecule has 1 fully saturated rings. The first-order valence-electron chi connectivity index (χ1n) is 6.55. The number of carbonyl (C=O) groups excluding carboxylic acids is 1. The van der Waals surface area contributed by atoms with E-state index in [-0.39, 0.29) is 18.6 Å². The Kier molecular flexibility index (Phi) is 4.01. The Morgan fingerprint density at radius 2 is 2.22 bits per heavy atom. The summed E-state index contributed by atoms with van der Waals surface area (Å²) in [4.78, 5) is 14.3. The van der Waals surface area contributed by atoms with E-state index < -0.39 is 0 Å². The minimum Gasteiger partial charge on any atom is -0.395 e. The van der Waals surface area contributed by atoms with Crippen molar-refractivity contribution in [3.8, 4) is 0 Å². The van der Waals surface area contributed by atoms with Crippen LogP contribution in [-0.4, -0.2) is 44.9 Å². The Labute approximate surface area is 107 Å². The fourth-order valence-electron chi connectivity index (χ4n) is 2.64. The first-order valence-corrected chi connectivity index (χ1v) is 6.55. The van der Waals surface area contributed by atoms with Gasteiger partial charge in [0.2, 0.25) is 0 Å². The average Bonchev–Trinajstić information content (AvgIpc) is 2.98. The van der Waals surface area contributed by atoms with Gasteiger partial charge in [-0.25, -0.2) is 0 Å². The van der Waals surface area contributed by atoms with Crippen molar-refractivity contribution in [3.63, 3.8) is 0 Å². The molecule has 18 heavy (non-hydrogen) atoms. The number of aromatic nitrogens is 2. The molecule has 5 nitrogen and oxygen atoms in total. The molecule has 1 heterocycles. The number of hydrogen-bond acceptors (Lipinski definition) is 3. The molecule has 1 aromatic heterocycles. The van der Waals surface area contributed by atoms with Crippen LogP contribution in [0.3, 0.4) is 0 Å². The van der Waals surface area contributed by atoms with Crippen LogP contribution in [0.2, 0.25) is 0 Å². The highest BCUT2D eigenvalue weighted by atomic mass is 16.3. The normalized spacial score (nSPS) is 16.2. The average molecular weight is 251 g/mol. The second kappa shape index (κ2) is 5.52.